The van der Waals surface area contributed by atoms with Crippen LogP contribution in [0.25, 0.3) is 11.1 Å². The number of nitrogens with one attached hydrogen (secondary N) is 1. The molecular weight excluding hydrogens is 386 g/mol. The van der Waals surface area contributed by atoms with Crippen LogP contribution in [0.2, 0.25) is 0 Å². The van der Waals surface area contributed by atoms with Crippen molar-refractivity contribution in [2.45, 2.75) is 26.3 Å². The molecule has 0 radical (unpaired) electrons. The molecule has 0 bridgehead atoms. The van der Waals surface area contributed by atoms with Crippen LogP contribution in [0.5, 0.6) is 0 Å². The lowest BCUT2D eigenvalue weighted by atomic mass is 10.0. The zero-order chi connectivity index (χ0) is 21.8. The molecule has 0 spiro atoms. The van der Waals surface area contributed by atoms with Gasteiger partial charge in [-0.1, -0.05) is 50.2 Å². The number of pyridine rings is 2. The number of carbonyl (C=O) groups is 1. The molecule has 4 rings (SSSR count). The number of rotatable bonds is 6. The van der Waals surface area contributed by atoms with Gasteiger partial charge >= 0.3 is 0 Å². The van der Waals surface area contributed by atoms with E-state index in [-0.39, 0.29) is 11.6 Å². The first-order valence-corrected chi connectivity index (χ1v) is 10.8. The Morgan fingerprint density at radius 1 is 1.16 bits per heavy atom. The number of benzene rings is 1. The van der Waals surface area contributed by atoms with E-state index in [2.05, 4.69) is 29.0 Å². The fourth-order valence-electron chi connectivity index (χ4n) is 4.07. The minimum atomic E-state index is -0.210. The molecule has 2 aromatic heterocycles. The summed E-state index contributed by atoms with van der Waals surface area (Å²) in [6.07, 6.45) is 2.81. The van der Waals surface area contributed by atoms with Gasteiger partial charge in [-0.15, -0.1) is 0 Å². The van der Waals surface area contributed by atoms with Gasteiger partial charge in [0.15, 0.2) is 0 Å². The number of nitrogen functional groups attached to an aromatic ring is 1. The molecule has 160 valence electrons. The van der Waals surface area contributed by atoms with Gasteiger partial charge in [-0.05, 0) is 36.1 Å². The van der Waals surface area contributed by atoms with Crippen LogP contribution in [0, 0.1) is 5.92 Å². The molecule has 6 nitrogen and oxygen atoms in total. The second-order valence-electron chi connectivity index (χ2n) is 8.46. The average molecular weight is 416 g/mol. The molecule has 0 unspecified atom stereocenters. The normalized spacial score (nSPS) is 16.5. The maximum Gasteiger partial charge on any atom is 0.215 e. The van der Waals surface area contributed by atoms with E-state index in [4.69, 9.17) is 10.7 Å². The first kappa shape index (κ1) is 21.0. The molecule has 1 saturated heterocycles. The Balaban J connectivity index is 1.59. The van der Waals surface area contributed by atoms with Crippen LogP contribution in [0.1, 0.15) is 36.3 Å². The highest BCUT2D eigenvalue weighted by Gasteiger charge is 2.22. The largest absolute Gasteiger partial charge is 0.383 e. The number of anilines is 2. The van der Waals surface area contributed by atoms with E-state index in [9.17, 15) is 4.79 Å². The third-order valence-electron chi connectivity index (χ3n) is 5.57. The van der Waals surface area contributed by atoms with Gasteiger partial charge in [0.1, 0.15) is 17.3 Å². The van der Waals surface area contributed by atoms with E-state index in [0.717, 1.165) is 43.0 Å². The van der Waals surface area contributed by atoms with E-state index in [1.165, 1.54) is 0 Å². The summed E-state index contributed by atoms with van der Waals surface area (Å²) in [5.41, 5.74) is 8.68. The number of aromatic nitrogens is 2. The molecule has 1 fully saturated rings. The fourth-order valence-corrected chi connectivity index (χ4v) is 4.07. The van der Waals surface area contributed by atoms with Gasteiger partial charge in [0.05, 0.1) is 5.56 Å². The number of hydrogen-bond donors (Lipinski definition) is 2. The van der Waals surface area contributed by atoms with Crippen molar-refractivity contribution in [2.75, 3.05) is 30.3 Å². The SMILES string of the molecule is CC(C)C[C@@H]1CN(c2cccc(C(=O)c3cc(-c4ccccc4)cnc3N)n2)CCN1. The highest BCUT2D eigenvalue weighted by atomic mass is 16.1. The summed E-state index contributed by atoms with van der Waals surface area (Å²) in [5, 5.41) is 3.58. The van der Waals surface area contributed by atoms with Crippen molar-refractivity contribution < 1.29 is 4.79 Å². The van der Waals surface area contributed by atoms with Crippen molar-refractivity contribution in [3.8, 4) is 11.1 Å². The minimum absolute atomic E-state index is 0.210. The summed E-state index contributed by atoms with van der Waals surface area (Å²) in [7, 11) is 0. The zero-order valence-electron chi connectivity index (χ0n) is 18.1. The van der Waals surface area contributed by atoms with Gasteiger partial charge < -0.3 is 16.0 Å². The molecule has 0 saturated carbocycles. The topological polar surface area (TPSA) is 84.1 Å². The summed E-state index contributed by atoms with van der Waals surface area (Å²) in [4.78, 5) is 24.5. The van der Waals surface area contributed by atoms with E-state index in [1.54, 1.807) is 18.3 Å². The Bertz CT molecular complexity index is 1050. The smallest absolute Gasteiger partial charge is 0.215 e. The maximum atomic E-state index is 13.3. The molecule has 31 heavy (non-hydrogen) atoms. The quantitative estimate of drug-likeness (QED) is 0.596. The van der Waals surface area contributed by atoms with Crippen molar-refractivity contribution in [1.82, 2.24) is 15.3 Å². The van der Waals surface area contributed by atoms with Crippen LogP contribution in [-0.2, 0) is 0 Å². The molecular formula is C25H29N5O. The second-order valence-corrected chi connectivity index (χ2v) is 8.46. The molecule has 1 aliphatic rings. The fraction of sp³-hybridized carbons (Fsp3) is 0.320. The van der Waals surface area contributed by atoms with Crippen molar-refractivity contribution in [1.29, 1.82) is 0 Å². The molecule has 1 aliphatic heterocycles. The van der Waals surface area contributed by atoms with Gasteiger partial charge in [-0.3, -0.25) is 4.79 Å². The number of carbonyl (C=O) groups excluding carboxylic acids is 1. The summed E-state index contributed by atoms with van der Waals surface area (Å²) < 4.78 is 0. The average Bonchev–Trinajstić information content (AvgIpc) is 2.79. The van der Waals surface area contributed by atoms with Crippen LogP contribution in [0.3, 0.4) is 0 Å². The van der Waals surface area contributed by atoms with Crippen molar-refractivity contribution >= 4 is 17.4 Å². The number of nitrogens with zero attached hydrogens (tertiary/aromatic N) is 3. The molecule has 0 amide bonds. The Labute approximate surface area is 183 Å². The first-order chi connectivity index (χ1) is 15.0. The number of nitrogens with two attached hydrogens (primary N) is 1. The predicted octanol–water partition coefficient (Wildman–Crippen LogP) is 3.78. The van der Waals surface area contributed by atoms with Gasteiger partial charge in [0.2, 0.25) is 5.78 Å². The van der Waals surface area contributed by atoms with Crippen LogP contribution in [-0.4, -0.2) is 41.4 Å². The lowest BCUT2D eigenvalue weighted by molar-refractivity contribution is 0.103. The van der Waals surface area contributed by atoms with Crippen molar-refractivity contribution in [2.24, 2.45) is 5.92 Å². The molecule has 6 heteroatoms. The summed E-state index contributed by atoms with van der Waals surface area (Å²) >= 11 is 0. The maximum absolute atomic E-state index is 13.3. The zero-order valence-corrected chi connectivity index (χ0v) is 18.1. The Morgan fingerprint density at radius 3 is 2.74 bits per heavy atom. The van der Waals surface area contributed by atoms with Crippen molar-refractivity contribution in [3.63, 3.8) is 0 Å². The number of piperazine rings is 1. The van der Waals surface area contributed by atoms with Crippen LogP contribution >= 0.6 is 0 Å². The second kappa shape index (κ2) is 9.27. The summed E-state index contributed by atoms with van der Waals surface area (Å²) in [6, 6.07) is 17.7. The first-order valence-electron chi connectivity index (χ1n) is 10.8. The lowest BCUT2D eigenvalue weighted by Crippen LogP contribution is -2.51. The van der Waals surface area contributed by atoms with Gasteiger partial charge in [-0.2, -0.15) is 0 Å². The van der Waals surface area contributed by atoms with E-state index >= 15 is 0 Å². The van der Waals surface area contributed by atoms with Gasteiger partial charge in [0, 0.05) is 37.4 Å². The lowest BCUT2D eigenvalue weighted by Gasteiger charge is -2.35. The highest BCUT2D eigenvalue weighted by Crippen LogP contribution is 2.24. The summed E-state index contributed by atoms with van der Waals surface area (Å²) in [6.45, 7) is 7.13. The van der Waals surface area contributed by atoms with Gasteiger partial charge in [-0.25, -0.2) is 9.97 Å². The highest BCUT2D eigenvalue weighted by molar-refractivity contribution is 6.11. The molecule has 3 aromatic rings. The van der Waals surface area contributed by atoms with E-state index in [1.807, 2.05) is 42.5 Å². The number of ketones is 1. The third-order valence-corrected chi connectivity index (χ3v) is 5.57. The van der Waals surface area contributed by atoms with Crippen LogP contribution in [0.15, 0.2) is 60.8 Å². The minimum Gasteiger partial charge on any atom is -0.383 e. The van der Waals surface area contributed by atoms with E-state index in [0.29, 0.717) is 23.2 Å². The van der Waals surface area contributed by atoms with Gasteiger partial charge in [0.25, 0.3) is 0 Å². The standard InChI is InChI=1S/C25H29N5O/c1-17(2)13-20-16-30(12-11-27-20)23-10-6-9-22(29-23)24(31)21-14-19(15-28-25(21)26)18-7-4-3-5-8-18/h3-10,14-15,17,20,27H,11-13,16H2,1-2H3,(H2,26,28)/t20-/m1/s1. The van der Waals surface area contributed by atoms with Crippen LogP contribution < -0.4 is 16.0 Å². The monoisotopic (exact) mass is 415 g/mol. The molecule has 3 N–H and O–H groups in total. The van der Waals surface area contributed by atoms with Crippen molar-refractivity contribution in [3.05, 3.63) is 72.1 Å². The third kappa shape index (κ3) is 4.91. The Morgan fingerprint density at radius 2 is 1.97 bits per heavy atom. The molecule has 0 aliphatic carbocycles. The molecule has 3 heterocycles. The number of hydrogen-bond acceptors (Lipinski definition) is 6. The summed E-state index contributed by atoms with van der Waals surface area (Å²) in [5.74, 6) is 1.46. The Hall–Kier alpha value is -3.25. The predicted molar refractivity (Wildman–Crippen MR) is 125 cm³/mol. The molecule has 1 atom stereocenters. The Kier molecular flexibility index (Phi) is 6.28. The van der Waals surface area contributed by atoms with Crippen LogP contribution in [0.4, 0.5) is 11.6 Å². The molecule has 1 aromatic carbocycles. The van der Waals surface area contributed by atoms with E-state index < -0.39 is 0 Å².